The Balaban J connectivity index is 2.16. The number of ether oxygens (including phenoxy) is 1. The fraction of sp³-hybridized carbons (Fsp3) is 0.615. The number of rotatable bonds is 5. The molecule has 1 heterocycles. The van der Waals surface area contributed by atoms with Gasteiger partial charge in [0, 0.05) is 20.4 Å². The zero-order valence-electron chi connectivity index (χ0n) is 12.4. The third-order valence-corrected chi connectivity index (χ3v) is 5.16. The van der Waals surface area contributed by atoms with Gasteiger partial charge in [-0.1, -0.05) is 0 Å². The standard InChI is InChI=1S/C13H21N3O4S/c1-9(13(20-3)5-4-6-13)15-12(17)11-7-10(8-16(11)2)21(14,18)19/h7-9H,4-6H2,1-3H3,(H,15,17)(H2,14,18,19). The fourth-order valence-corrected chi connectivity index (χ4v) is 3.24. The van der Waals surface area contributed by atoms with Crippen LogP contribution in [0.5, 0.6) is 0 Å². The first kappa shape index (κ1) is 16.0. The molecule has 0 aromatic carbocycles. The van der Waals surface area contributed by atoms with E-state index in [0.717, 1.165) is 19.3 Å². The van der Waals surface area contributed by atoms with Gasteiger partial charge in [0.15, 0.2) is 0 Å². The fourth-order valence-electron chi connectivity index (χ4n) is 2.66. The zero-order valence-corrected chi connectivity index (χ0v) is 13.2. The number of carbonyl (C=O) groups excluding carboxylic acids is 1. The van der Waals surface area contributed by atoms with Gasteiger partial charge in [-0.25, -0.2) is 13.6 Å². The first-order valence-electron chi connectivity index (χ1n) is 6.75. The summed E-state index contributed by atoms with van der Waals surface area (Å²) in [5.74, 6) is -0.344. The Morgan fingerprint density at radius 3 is 2.52 bits per heavy atom. The summed E-state index contributed by atoms with van der Waals surface area (Å²) in [6.45, 7) is 1.89. The molecule has 3 N–H and O–H groups in total. The van der Waals surface area contributed by atoms with Crippen molar-refractivity contribution in [3.63, 3.8) is 0 Å². The zero-order chi connectivity index (χ0) is 15.8. The average Bonchev–Trinajstić information content (AvgIpc) is 2.70. The van der Waals surface area contributed by atoms with Crippen molar-refractivity contribution < 1.29 is 17.9 Å². The number of primary sulfonamides is 1. The Morgan fingerprint density at radius 2 is 2.14 bits per heavy atom. The summed E-state index contributed by atoms with van der Waals surface area (Å²) in [7, 11) is -0.575. The van der Waals surface area contributed by atoms with Crippen LogP contribution >= 0.6 is 0 Å². The topological polar surface area (TPSA) is 103 Å². The second-order valence-corrected chi connectivity index (χ2v) is 7.10. The summed E-state index contributed by atoms with van der Waals surface area (Å²) >= 11 is 0. The lowest BCUT2D eigenvalue weighted by Gasteiger charge is -2.45. The lowest BCUT2D eigenvalue weighted by atomic mass is 9.75. The monoisotopic (exact) mass is 315 g/mol. The summed E-state index contributed by atoms with van der Waals surface area (Å²) in [6, 6.07) is 1.12. The number of sulfonamides is 1. The second-order valence-electron chi connectivity index (χ2n) is 5.53. The molecule has 1 fully saturated rings. The third-order valence-electron chi connectivity index (χ3n) is 4.28. The predicted octanol–water partition coefficient (Wildman–Crippen LogP) is 0.360. The minimum absolute atomic E-state index is 0.0760. The summed E-state index contributed by atoms with van der Waals surface area (Å²) in [6.07, 6.45) is 4.21. The van der Waals surface area contributed by atoms with Gasteiger partial charge in [-0.3, -0.25) is 4.79 Å². The number of carbonyl (C=O) groups is 1. The first-order chi connectivity index (χ1) is 9.69. The molecule has 1 aromatic rings. The van der Waals surface area contributed by atoms with Gasteiger partial charge in [0.25, 0.3) is 5.91 Å². The van der Waals surface area contributed by atoms with Gasteiger partial charge in [-0.05, 0) is 32.3 Å². The number of aromatic nitrogens is 1. The normalized spacial score (nSPS) is 18.9. The van der Waals surface area contributed by atoms with Crippen LogP contribution in [-0.2, 0) is 21.8 Å². The number of nitrogens with one attached hydrogen (secondary N) is 1. The average molecular weight is 315 g/mol. The van der Waals surface area contributed by atoms with Gasteiger partial charge in [-0.15, -0.1) is 0 Å². The molecule has 1 atom stereocenters. The van der Waals surface area contributed by atoms with E-state index in [9.17, 15) is 13.2 Å². The highest BCUT2D eigenvalue weighted by Gasteiger charge is 2.43. The first-order valence-corrected chi connectivity index (χ1v) is 8.29. The molecule has 0 spiro atoms. The number of hydrogen-bond donors (Lipinski definition) is 2. The maximum absolute atomic E-state index is 12.3. The number of methoxy groups -OCH3 is 1. The number of amides is 1. The number of hydrogen-bond acceptors (Lipinski definition) is 4. The van der Waals surface area contributed by atoms with Gasteiger partial charge >= 0.3 is 0 Å². The summed E-state index contributed by atoms with van der Waals surface area (Å²) in [5, 5.41) is 7.94. The van der Waals surface area contributed by atoms with Gasteiger partial charge in [0.05, 0.1) is 11.6 Å². The molecule has 1 aliphatic carbocycles. The molecule has 1 amide bonds. The number of nitrogens with zero attached hydrogens (tertiary/aromatic N) is 1. The van der Waals surface area contributed by atoms with Gasteiger partial charge in [0.1, 0.15) is 10.6 Å². The number of aryl methyl sites for hydroxylation is 1. The lowest BCUT2D eigenvalue weighted by molar-refractivity contribution is -0.0919. The third kappa shape index (κ3) is 2.97. The lowest BCUT2D eigenvalue weighted by Crippen LogP contribution is -2.56. The Bertz CT molecular complexity index is 641. The highest BCUT2D eigenvalue weighted by molar-refractivity contribution is 7.89. The smallest absolute Gasteiger partial charge is 0.268 e. The van der Waals surface area contributed by atoms with Crippen molar-refractivity contribution in [1.29, 1.82) is 0 Å². The molecule has 2 rings (SSSR count). The Morgan fingerprint density at radius 1 is 1.52 bits per heavy atom. The van der Waals surface area contributed by atoms with Crippen LogP contribution in [0.3, 0.4) is 0 Å². The van der Waals surface area contributed by atoms with E-state index in [1.54, 1.807) is 14.2 Å². The molecule has 1 saturated carbocycles. The van der Waals surface area contributed by atoms with Crippen molar-refractivity contribution >= 4 is 15.9 Å². The van der Waals surface area contributed by atoms with Crippen molar-refractivity contribution in [3.05, 3.63) is 18.0 Å². The highest BCUT2D eigenvalue weighted by atomic mass is 32.2. The quantitative estimate of drug-likeness (QED) is 0.818. The molecule has 0 aliphatic heterocycles. The molecule has 1 unspecified atom stereocenters. The maximum Gasteiger partial charge on any atom is 0.268 e. The van der Waals surface area contributed by atoms with E-state index in [2.05, 4.69) is 5.32 Å². The van der Waals surface area contributed by atoms with Crippen LogP contribution in [0.2, 0.25) is 0 Å². The highest BCUT2D eigenvalue weighted by Crippen LogP contribution is 2.38. The van der Waals surface area contributed by atoms with E-state index in [4.69, 9.17) is 9.88 Å². The molecule has 0 saturated heterocycles. The summed E-state index contributed by atoms with van der Waals surface area (Å²) < 4.78 is 29.6. The van der Waals surface area contributed by atoms with Crippen molar-refractivity contribution in [2.24, 2.45) is 12.2 Å². The van der Waals surface area contributed by atoms with E-state index in [1.165, 1.54) is 16.8 Å². The summed E-state index contributed by atoms with van der Waals surface area (Å²) in [4.78, 5) is 12.2. The van der Waals surface area contributed by atoms with Crippen LogP contribution in [0.1, 0.15) is 36.7 Å². The molecule has 1 aromatic heterocycles. The molecule has 1 aliphatic rings. The van der Waals surface area contributed by atoms with Crippen LogP contribution in [-0.4, -0.2) is 37.6 Å². The van der Waals surface area contributed by atoms with E-state index >= 15 is 0 Å². The van der Waals surface area contributed by atoms with Crippen molar-refractivity contribution in [2.45, 2.75) is 42.7 Å². The van der Waals surface area contributed by atoms with Crippen molar-refractivity contribution in [1.82, 2.24) is 9.88 Å². The predicted molar refractivity (Wildman–Crippen MR) is 77.3 cm³/mol. The molecule has 0 radical (unpaired) electrons. The van der Waals surface area contributed by atoms with E-state index in [0.29, 0.717) is 0 Å². The van der Waals surface area contributed by atoms with Gasteiger partial charge in [-0.2, -0.15) is 0 Å². The Hall–Kier alpha value is -1.38. The second kappa shape index (κ2) is 5.43. The molecule has 21 heavy (non-hydrogen) atoms. The van der Waals surface area contributed by atoms with Crippen LogP contribution in [0.25, 0.3) is 0 Å². The van der Waals surface area contributed by atoms with Crippen LogP contribution in [0, 0.1) is 0 Å². The van der Waals surface area contributed by atoms with Crippen molar-refractivity contribution in [3.8, 4) is 0 Å². The molecule has 8 heteroatoms. The Kier molecular flexibility index (Phi) is 4.14. The molecule has 118 valence electrons. The van der Waals surface area contributed by atoms with Gasteiger partial charge in [0.2, 0.25) is 10.0 Å². The maximum atomic E-state index is 12.3. The SMILES string of the molecule is COC1(C(C)NC(=O)c2cc(S(N)(=O)=O)cn2C)CCC1. The van der Waals surface area contributed by atoms with Crippen LogP contribution < -0.4 is 10.5 Å². The minimum Gasteiger partial charge on any atom is -0.376 e. The molecular weight excluding hydrogens is 294 g/mol. The largest absolute Gasteiger partial charge is 0.376 e. The van der Waals surface area contributed by atoms with Gasteiger partial charge < -0.3 is 14.6 Å². The van der Waals surface area contributed by atoms with E-state index < -0.39 is 10.0 Å². The summed E-state index contributed by atoms with van der Waals surface area (Å²) in [5.41, 5.74) is -0.0692. The van der Waals surface area contributed by atoms with E-state index in [-0.39, 0.29) is 28.1 Å². The molecule has 7 nitrogen and oxygen atoms in total. The Labute approximate surface area is 124 Å². The number of nitrogens with two attached hydrogens (primary N) is 1. The molecular formula is C13H21N3O4S. The van der Waals surface area contributed by atoms with Crippen molar-refractivity contribution in [2.75, 3.05) is 7.11 Å². The molecule has 0 bridgehead atoms. The van der Waals surface area contributed by atoms with Crippen LogP contribution in [0.15, 0.2) is 17.2 Å². The van der Waals surface area contributed by atoms with Crippen LogP contribution in [0.4, 0.5) is 0 Å². The van der Waals surface area contributed by atoms with E-state index in [1.807, 2.05) is 6.92 Å². The minimum atomic E-state index is -3.82.